The standard InChI is InChI=1S/C12H13BrClN3/c1-3-17-7-8(2)15-12(17)16-9-4-5-10(13)11(14)6-9/h4-7H,3H2,1-2H3,(H,15,16). The summed E-state index contributed by atoms with van der Waals surface area (Å²) in [6.45, 7) is 4.94. The van der Waals surface area contributed by atoms with Crippen LogP contribution in [-0.4, -0.2) is 9.55 Å². The van der Waals surface area contributed by atoms with Crippen molar-refractivity contribution in [2.45, 2.75) is 20.4 Å². The van der Waals surface area contributed by atoms with Crippen LogP contribution in [-0.2, 0) is 6.54 Å². The van der Waals surface area contributed by atoms with Gasteiger partial charge in [-0.15, -0.1) is 0 Å². The van der Waals surface area contributed by atoms with E-state index in [9.17, 15) is 0 Å². The van der Waals surface area contributed by atoms with Gasteiger partial charge in [0.2, 0.25) is 5.95 Å². The van der Waals surface area contributed by atoms with Crippen LogP contribution in [0, 0.1) is 6.92 Å². The zero-order valence-corrected chi connectivity index (χ0v) is 12.0. The van der Waals surface area contributed by atoms with E-state index in [0.717, 1.165) is 28.3 Å². The smallest absolute Gasteiger partial charge is 0.207 e. The highest BCUT2D eigenvalue weighted by Gasteiger charge is 2.05. The van der Waals surface area contributed by atoms with Gasteiger partial charge in [-0.3, -0.25) is 0 Å². The second kappa shape index (κ2) is 5.10. The Balaban J connectivity index is 2.27. The molecule has 0 amide bonds. The Morgan fingerprint density at radius 1 is 1.47 bits per heavy atom. The molecule has 1 aromatic carbocycles. The minimum absolute atomic E-state index is 0.682. The number of nitrogens with zero attached hydrogens (tertiary/aromatic N) is 2. The van der Waals surface area contributed by atoms with Crippen molar-refractivity contribution in [2.75, 3.05) is 5.32 Å². The Labute approximate surface area is 114 Å². The molecule has 0 aliphatic rings. The van der Waals surface area contributed by atoms with Crippen molar-refractivity contribution in [3.8, 4) is 0 Å². The Morgan fingerprint density at radius 3 is 2.88 bits per heavy atom. The van der Waals surface area contributed by atoms with Crippen LogP contribution >= 0.6 is 27.5 Å². The lowest BCUT2D eigenvalue weighted by Gasteiger charge is -2.08. The number of halogens is 2. The van der Waals surface area contributed by atoms with Crippen LogP contribution < -0.4 is 5.32 Å². The van der Waals surface area contributed by atoms with Crippen molar-refractivity contribution < 1.29 is 0 Å². The number of hydrogen-bond donors (Lipinski definition) is 1. The number of imidazole rings is 1. The van der Waals surface area contributed by atoms with Gasteiger partial charge in [0, 0.05) is 22.9 Å². The SMILES string of the molecule is CCn1cc(C)nc1Nc1ccc(Br)c(Cl)c1. The molecule has 0 saturated heterocycles. The summed E-state index contributed by atoms with van der Waals surface area (Å²) in [4.78, 5) is 4.43. The maximum Gasteiger partial charge on any atom is 0.207 e. The van der Waals surface area contributed by atoms with Gasteiger partial charge in [-0.2, -0.15) is 0 Å². The average Bonchev–Trinajstić information content (AvgIpc) is 2.64. The predicted molar refractivity (Wildman–Crippen MR) is 75.1 cm³/mol. The highest BCUT2D eigenvalue weighted by Crippen LogP contribution is 2.27. The summed E-state index contributed by atoms with van der Waals surface area (Å²) in [5.74, 6) is 0.836. The van der Waals surface area contributed by atoms with E-state index in [4.69, 9.17) is 11.6 Å². The van der Waals surface area contributed by atoms with Gasteiger partial charge in [-0.1, -0.05) is 11.6 Å². The summed E-state index contributed by atoms with van der Waals surface area (Å²) in [6, 6.07) is 5.74. The first kappa shape index (κ1) is 12.5. The van der Waals surface area contributed by atoms with Crippen molar-refractivity contribution in [3.63, 3.8) is 0 Å². The van der Waals surface area contributed by atoms with Crippen LogP contribution in [0.1, 0.15) is 12.6 Å². The number of aryl methyl sites for hydroxylation is 2. The molecule has 3 nitrogen and oxygen atoms in total. The monoisotopic (exact) mass is 313 g/mol. The first-order valence-electron chi connectivity index (χ1n) is 5.36. The van der Waals surface area contributed by atoms with E-state index >= 15 is 0 Å². The second-order valence-corrected chi connectivity index (χ2v) is 5.01. The van der Waals surface area contributed by atoms with Crippen LogP contribution in [0.5, 0.6) is 0 Å². The molecule has 0 aliphatic carbocycles. The summed E-state index contributed by atoms with van der Waals surface area (Å²) >= 11 is 9.41. The molecule has 0 radical (unpaired) electrons. The first-order chi connectivity index (χ1) is 8.10. The fraction of sp³-hybridized carbons (Fsp3) is 0.250. The minimum Gasteiger partial charge on any atom is -0.326 e. The Kier molecular flexibility index (Phi) is 3.74. The van der Waals surface area contributed by atoms with E-state index in [0.29, 0.717) is 5.02 Å². The van der Waals surface area contributed by atoms with Crippen LogP contribution in [0.25, 0.3) is 0 Å². The number of hydrogen-bond acceptors (Lipinski definition) is 2. The predicted octanol–water partition coefficient (Wildman–Crippen LogP) is 4.37. The Hall–Kier alpha value is -1.000. The van der Waals surface area contributed by atoms with Crippen molar-refractivity contribution in [1.82, 2.24) is 9.55 Å². The van der Waals surface area contributed by atoms with Gasteiger partial charge < -0.3 is 9.88 Å². The van der Waals surface area contributed by atoms with Crippen LogP contribution in [0.4, 0.5) is 11.6 Å². The van der Waals surface area contributed by atoms with E-state index in [-0.39, 0.29) is 0 Å². The lowest BCUT2D eigenvalue weighted by Crippen LogP contribution is -2.01. The second-order valence-electron chi connectivity index (χ2n) is 3.75. The minimum atomic E-state index is 0.682. The zero-order chi connectivity index (χ0) is 12.4. The van der Waals surface area contributed by atoms with Crippen LogP contribution in [0.15, 0.2) is 28.9 Å². The van der Waals surface area contributed by atoms with E-state index in [1.54, 1.807) is 0 Å². The highest BCUT2D eigenvalue weighted by molar-refractivity contribution is 9.10. The van der Waals surface area contributed by atoms with Crippen molar-refractivity contribution >= 4 is 39.2 Å². The molecule has 2 rings (SSSR count). The number of rotatable bonds is 3. The molecule has 90 valence electrons. The number of benzene rings is 1. The largest absolute Gasteiger partial charge is 0.326 e. The van der Waals surface area contributed by atoms with Gasteiger partial charge in [-0.25, -0.2) is 4.98 Å². The molecule has 0 saturated carbocycles. The van der Waals surface area contributed by atoms with Gasteiger partial charge in [0.25, 0.3) is 0 Å². The molecule has 5 heteroatoms. The highest BCUT2D eigenvalue weighted by atomic mass is 79.9. The lowest BCUT2D eigenvalue weighted by molar-refractivity contribution is 0.771. The third-order valence-corrected chi connectivity index (χ3v) is 3.65. The molecule has 0 spiro atoms. The molecule has 1 heterocycles. The third-order valence-electron chi connectivity index (χ3n) is 2.41. The molecule has 0 bridgehead atoms. The summed E-state index contributed by atoms with van der Waals surface area (Å²) in [5, 5.41) is 3.94. The number of nitrogens with one attached hydrogen (secondary N) is 1. The molecule has 0 fully saturated rings. The van der Waals surface area contributed by atoms with E-state index in [1.165, 1.54) is 0 Å². The molecule has 1 aromatic heterocycles. The Morgan fingerprint density at radius 2 is 2.24 bits per heavy atom. The zero-order valence-electron chi connectivity index (χ0n) is 9.67. The summed E-state index contributed by atoms with van der Waals surface area (Å²) in [6.07, 6.45) is 2.02. The van der Waals surface area contributed by atoms with Crippen LogP contribution in [0.3, 0.4) is 0 Å². The van der Waals surface area contributed by atoms with Gasteiger partial charge in [-0.05, 0) is 48.0 Å². The molecular weight excluding hydrogens is 302 g/mol. The normalized spacial score (nSPS) is 10.6. The third kappa shape index (κ3) is 2.82. The molecule has 0 atom stereocenters. The molecule has 17 heavy (non-hydrogen) atoms. The van der Waals surface area contributed by atoms with Gasteiger partial charge >= 0.3 is 0 Å². The van der Waals surface area contributed by atoms with Crippen molar-refractivity contribution in [3.05, 3.63) is 39.6 Å². The van der Waals surface area contributed by atoms with Crippen LogP contribution in [0.2, 0.25) is 5.02 Å². The topological polar surface area (TPSA) is 29.9 Å². The molecule has 2 aromatic rings. The molecule has 0 aliphatic heterocycles. The number of anilines is 2. The summed E-state index contributed by atoms with van der Waals surface area (Å²) in [7, 11) is 0. The average molecular weight is 315 g/mol. The first-order valence-corrected chi connectivity index (χ1v) is 6.53. The molecular formula is C12H13BrClN3. The number of aromatic nitrogens is 2. The van der Waals surface area contributed by atoms with E-state index in [1.807, 2.05) is 31.3 Å². The molecule has 1 N–H and O–H groups in total. The maximum absolute atomic E-state index is 6.04. The maximum atomic E-state index is 6.04. The van der Waals surface area contributed by atoms with Gasteiger partial charge in [0.1, 0.15) is 0 Å². The van der Waals surface area contributed by atoms with E-state index < -0.39 is 0 Å². The summed E-state index contributed by atoms with van der Waals surface area (Å²) in [5.41, 5.74) is 1.93. The van der Waals surface area contributed by atoms with Crippen molar-refractivity contribution in [2.24, 2.45) is 0 Å². The van der Waals surface area contributed by atoms with E-state index in [2.05, 4.69) is 37.7 Å². The van der Waals surface area contributed by atoms with Gasteiger partial charge in [0.15, 0.2) is 0 Å². The lowest BCUT2D eigenvalue weighted by atomic mass is 10.3. The summed E-state index contributed by atoms with van der Waals surface area (Å²) < 4.78 is 2.95. The fourth-order valence-corrected chi connectivity index (χ4v) is 2.02. The van der Waals surface area contributed by atoms with Gasteiger partial charge in [0.05, 0.1) is 10.7 Å². The fourth-order valence-electron chi connectivity index (χ4n) is 1.59. The Bertz CT molecular complexity index is 537. The quantitative estimate of drug-likeness (QED) is 0.911. The van der Waals surface area contributed by atoms with Crippen molar-refractivity contribution in [1.29, 1.82) is 0 Å². The molecule has 0 unspecified atom stereocenters.